The lowest BCUT2D eigenvalue weighted by Gasteiger charge is -2.30. The van der Waals surface area contributed by atoms with Crippen LogP contribution in [0.15, 0.2) is 34.7 Å². The van der Waals surface area contributed by atoms with Crippen molar-refractivity contribution in [2.24, 2.45) is 5.92 Å². The Bertz CT molecular complexity index is 831. The minimum absolute atomic E-state index is 0. The molecule has 156 valence electrons. The lowest BCUT2D eigenvalue weighted by atomic mass is 9.97. The smallest absolute Gasteiger partial charge is 0.243 e. The van der Waals surface area contributed by atoms with Crippen LogP contribution in [-0.2, 0) is 14.8 Å². The molecule has 1 aromatic carbocycles. The third kappa shape index (κ3) is 5.35. The van der Waals surface area contributed by atoms with Crippen molar-refractivity contribution >= 4 is 28.3 Å². The number of carbonyl (C=O) groups is 1. The first-order valence-corrected chi connectivity index (χ1v) is 11.1. The van der Waals surface area contributed by atoms with E-state index in [2.05, 4.69) is 16.7 Å². The van der Waals surface area contributed by atoms with E-state index in [-0.39, 0.29) is 24.2 Å². The first-order chi connectivity index (χ1) is 12.9. The Morgan fingerprint density at radius 2 is 1.93 bits per heavy atom. The summed E-state index contributed by atoms with van der Waals surface area (Å²) in [6.07, 6.45) is 4.22. The van der Waals surface area contributed by atoms with Crippen molar-refractivity contribution < 1.29 is 13.2 Å². The number of amides is 1. The van der Waals surface area contributed by atoms with Gasteiger partial charge in [-0.3, -0.25) is 4.79 Å². The van der Waals surface area contributed by atoms with Gasteiger partial charge in [0, 0.05) is 32.1 Å². The zero-order chi connectivity index (χ0) is 19.4. The van der Waals surface area contributed by atoms with Crippen LogP contribution < -0.4 is 10.6 Å². The van der Waals surface area contributed by atoms with Crippen LogP contribution in [0.25, 0.3) is 0 Å². The van der Waals surface area contributed by atoms with Gasteiger partial charge < -0.3 is 10.6 Å². The standard InChI is InChI=1S/C20H29N3O3S.ClH/c1-15-3-4-19(13-16(15)2)27(25,26)23-11-7-18(8-12-23)20(24)22-14-17-5-9-21-10-6-17;/h3-5,13,18,21H,6-12,14H2,1-2H3,(H,22,24);1H. The monoisotopic (exact) mass is 427 g/mol. The van der Waals surface area contributed by atoms with Gasteiger partial charge in [-0.25, -0.2) is 8.42 Å². The molecule has 1 fully saturated rings. The number of sulfonamides is 1. The number of piperidine rings is 1. The maximum atomic E-state index is 12.9. The summed E-state index contributed by atoms with van der Waals surface area (Å²) < 4.78 is 27.3. The first kappa shape index (κ1) is 22.9. The molecule has 1 aromatic rings. The fourth-order valence-corrected chi connectivity index (χ4v) is 5.11. The second kappa shape index (κ2) is 9.87. The number of carbonyl (C=O) groups excluding carboxylic acids is 1. The average molecular weight is 428 g/mol. The number of aryl methyl sites for hydroxylation is 2. The third-order valence-corrected chi connectivity index (χ3v) is 7.48. The maximum absolute atomic E-state index is 12.9. The van der Waals surface area contributed by atoms with Crippen molar-refractivity contribution in [2.75, 3.05) is 32.7 Å². The summed E-state index contributed by atoms with van der Waals surface area (Å²) >= 11 is 0. The van der Waals surface area contributed by atoms with Gasteiger partial charge in [0.2, 0.25) is 15.9 Å². The number of nitrogens with one attached hydrogen (secondary N) is 2. The van der Waals surface area contributed by atoms with Crippen LogP contribution in [0.3, 0.4) is 0 Å². The van der Waals surface area contributed by atoms with E-state index >= 15 is 0 Å². The number of hydrogen-bond donors (Lipinski definition) is 2. The van der Waals surface area contributed by atoms with Crippen molar-refractivity contribution in [1.82, 2.24) is 14.9 Å². The molecular weight excluding hydrogens is 398 g/mol. The molecule has 0 bridgehead atoms. The van der Waals surface area contributed by atoms with Gasteiger partial charge in [-0.2, -0.15) is 4.31 Å². The zero-order valence-corrected chi connectivity index (χ0v) is 18.2. The van der Waals surface area contributed by atoms with Crippen LogP contribution in [0.2, 0.25) is 0 Å². The highest BCUT2D eigenvalue weighted by molar-refractivity contribution is 7.89. The van der Waals surface area contributed by atoms with Gasteiger partial charge in [-0.05, 0) is 62.9 Å². The summed E-state index contributed by atoms with van der Waals surface area (Å²) in [5.74, 6) is -0.0730. The lowest BCUT2D eigenvalue weighted by molar-refractivity contribution is -0.125. The molecule has 2 aliphatic heterocycles. The van der Waals surface area contributed by atoms with Crippen LogP contribution in [0, 0.1) is 19.8 Å². The molecule has 3 rings (SSSR count). The molecular formula is C20H30ClN3O3S. The van der Waals surface area contributed by atoms with Gasteiger partial charge in [0.15, 0.2) is 0 Å². The molecule has 0 aliphatic carbocycles. The van der Waals surface area contributed by atoms with E-state index in [4.69, 9.17) is 0 Å². The third-order valence-electron chi connectivity index (χ3n) is 5.59. The van der Waals surface area contributed by atoms with Crippen molar-refractivity contribution in [1.29, 1.82) is 0 Å². The Balaban J connectivity index is 0.00000280. The molecule has 0 aromatic heterocycles. The fraction of sp³-hybridized carbons (Fsp3) is 0.550. The summed E-state index contributed by atoms with van der Waals surface area (Å²) in [5.41, 5.74) is 3.31. The summed E-state index contributed by atoms with van der Waals surface area (Å²) in [5, 5.41) is 6.27. The fourth-order valence-electron chi connectivity index (χ4n) is 3.56. The van der Waals surface area contributed by atoms with Gasteiger partial charge in [0.25, 0.3) is 0 Å². The van der Waals surface area contributed by atoms with E-state index in [0.29, 0.717) is 37.4 Å². The molecule has 2 aliphatic rings. The predicted molar refractivity (Wildman–Crippen MR) is 113 cm³/mol. The zero-order valence-electron chi connectivity index (χ0n) is 16.5. The Hall–Kier alpha value is -1.41. The highest BCUT2D eigenvalue weighted by Gasteiger charge is 2.32. The van der Waals surface area contributed by atoms with E-state index in [1.54, 1.807) is 12.1 Å². The summed E-state index contributed by atoms with van der Waals surface area (Å²) in [7, 11) is -3.49. The van der Waals surface area contributed by atoms with Crippen LogP contribution >= 0.6 is 12.4 Å². The predicted octanol–water partition coefficient (Wildman–Crippen LogP) is 2.16. The molecule has 8 heteroatoms. The molecule has 1 amide bonds. The van der Waals surface area contributed by atoms with Crippen molar-refractivity contribution in [3.63, 3.8) is 0 Å². The minimum Gasteiger partial charge on any atom is -0.352 e. The van der Waals surface area contributed by atoms with Crippen LogP contribution in [-0.4, -0.2) is 51.4 Å². The normalized spacial score (nSPS) is 18.9. The molecule has 0 saturated carbocycles. The molecule has 2 N–H and O–H groups in total. The maximum Gasteiger partial charge on any atom is 0.243 e. The van der Waals surface area contributed by atoms with Crippen LogP contribution in [0.5, 0.6) is 0 Å². The molecule has 0 spiro atoms. The number of rotatable bonds is 5. The van der Waals surface area contributed by atoms with Gasteiger partial charge >= 0.3 is 0 Å². The Morgan fingerprint density at radius 1 is 1.21 bits per heavy atom. The Labute approximate surface area is 174 Å². The average Bonchev–Trinajstić information content (AvgIpc) is 2.69. The molecule has 2 heterocycles. The highest BCUT2D eigenvalue weighted by atomic mass is 35.5. The molecule has 0 unspecified atom stereocenters. The first-order valence-electron chi connectivity index (χ1n) is 9.61. The Morgan fingerprint density at radius 3 is 2.54 bits per heavy atom. The molecule has 1 saturated heterocycles. The molecule has 0 radical (unpaired) electrons. The van der Waals surface area contributed by atoms with Crippen LogP contribution in [0.1, 0.15) is 30.4 Å². The van der Waals surface area contributed by atoms with Gasteiger partial charge in [-0.1, -0.05) is 17.7 Å². The summed E-state index contributed by atoms with van der Waals surface area (Å²) in [6, 6.07) is 5.25. The minimum atomic E-state index is -3.49. The SMILES string of the molecule is Cc1ccc(S(=O)(=O)N2CCC(C(=O)NCC3=CCNCC3)CC2)cc1C.Cl. The van der Waals surface area contributed by atoms with Crippen molar-refractivity contribution in [3.8, 4) is 0 Å². The second-order valence-electron chi connectivity index (χ2n) is 7.46. The second-order valence-corrected chi connectivity index (χ2v) is 9.40. The van der Waals surface area contributed by atoms with Crippen molar-refractivity contribution in [3.05, 3.63) is 41.0 Å². The molecule has 28 heavy (non-hydrogen) atoms. The van der Waals surface area contributed by atoms with Crippen LogP contribution in [0.4, 0.5) is 0 Å². The molecule has 6 nitrogen and oxygen atoms in total. The lowest BCUT2D eigenvalue weighted by Crippen LogP contribution is -2.43. The number of benzene rings is 1. The van der Waals surface area contributed by atoms with Crippen molar-refractivity contribution in [2.45, 2.75) is 38.0 Å². The largest absolute Gasteiger partial charge is 0.352 e. The van der Waals surface area contributed by atoms with Gasteiger partial charge in [0.1, 0.15) is 0 Å². The highest BCUT2D eigenvalue weighted by Crippen LogP contribution is 2.25. The quantitative estimate of drug-likeness (QED) is 0.706. The number of nitrogens with zero attached hydrogens (tertiary/aromatic N) is 1. The number of halogens is 1. The van der Waals surface area contributed by atoms with E-state index < -0.39 is 10.0 Å². The molecule has 0 atom stereocenters. The van der Waals surface area contributed by atoms with E-state index in [1.165, 1.54) is 9.88 Å². The van der Waals surface area contributed by atoms with E-state index in [1.807, 2.05) is 19.9 Å². The Kier molecular flexibility index (Phi) is 8.07. The van der Waals surface area contributed by atoms with Gasteiger partial charge in [-0.15, -0.1) is 12.4 Å². The van der Waals surface area contributed by atoms with Gasteiger partial charge in [0.05, 0.1) is 4.90 Å². The number of hydrogen-bond acceptors (Lipinski definition) is 4. The summed E-state index contributed by atoms with van der Waals surface area (Å²) in [4.78, 5) is 12.8. The topological polar surface area (TPSA) is 78.5 Å². The summed E-state index contributed by atoms with van der Waals surface area (Å²) in [6.45, 7) is 7.08. The van der Waals surface area contributed by atoms with E-state index in [0.717, 1.165) is 30.6 Å². The van der Waals surface area contributed by atoms with E-state index in [9.17, 15) is 13.2 Å².